The van der Waals surface area contributed by atoms with Crippen molar-refractivity contribution < 1.29 is 14.7 Å². The van der Waals surface area contributed by atoms with Crippen LogP contribution in [0.2, 0.25) is 0 Å². The number of carbonyl (C=O) groups is 2. The molecule has 1 aromatic heterocycles. The summed E-state index contributed by atoms with van der Waals surface area (Å²) >= 11 is 1.27. The number of aromatic nitrogens is 1. The van der Waals surface area contributed by atoms with Gasteiger partial charge in [0.05, 0.1) is 29.7 Å². The second kappa shape index (κ2) is 8.93. The SMILES string of the molecule is N#Cc1ccc(-c2csc(NC(=O)C(CC(=O)O)Cc3ccccc3)n2)cc1. The summed E-state index contributed by atoms with van der Waals surface area (Å²) in [6.07, 6.45) is 0.0847. The molecule has 0 aliphatic heterocycles. The lowest BCUT2D eigenvalue weighted by molar-refractivity contribution is -0.140. The number of nitriles is 1. The molecule has 0 saturated carbocycles. The van der Waals surface area contributed by atoms with E-state index in [2.05, 4.69) is 16.4 Å². The molecule has 3 aromatic rings. The second-order valence-electron chi connectivity index (χ2n) is 6.20. The quantitative estimate of drug-likeness (QED) is 0.635. The molecule has 2 N–H and O–H groups in total. The molecule has 2 aromatic carbocycles. The van der Waals surface area contributed by atoms with Crippen molar-refractivity contribution in [3.05, 3.63) is 71.1 Å². The van der Waals surface area contributed by atoms with Crippen molar-refractivity contribution in [1.82, 2.24) is 4.98 Å². The van der Waals surface area contributed by atoms with Gasteiger partial charge in [-0.05, 0) is 24.1 Å². The van der Waals surface area contributed by atoms with E-state index >= 15 is 0 Å². The molecule has 0 aliphatic rings. The van der Waals surface area contributed by atoms with Gasteiger partial charge in [0, 0.05) is 10.9 Å². The predicted molar refractivity (Wildman–Crippen MR) is 107 cm³/mol. The molecule has 0 bridgehead atoms. The third-order valence-corrected chi connectivity index (χ3v) is 4.92. The number of carboxylic acids is 1. The molecule has 0 radical (unpaired) electrons. The number of nitrogens with one attached hydrogen (secondary N) is 1. The van der Waals surface area contributed by atoms with Crippen molar-refractivity contribution in [3.8, 4) is 17.3 Å². The van der Waals surface area contributed by atoms with Gasteiger partial charge in [-0.15, -0.1) is 11.3 Å². The lowest BCUT2D eigenvalue weighted by Crippen LogP contribution is -2.27. The fourth-order valence-electron chi connectivity index (χ4n) is 2.75. The molecule has 1 atom stereocenters. The number of amides is 1. The van der Waals surface area contributed by atoms with Crippen LogP contribution in [-0.4, -0.2) is 22.0 Å². The minimum absolute atomic E-state index is 0.255. The van der Waals surface area contributed by atoms with Crippen molar-refractivity contribution >= 4 is 28.3 Å². The molecule has 6 nitrogen and oxygen atoms in total. The number of benzene rings is 2. The number of rotatable bonds is 7. The highest BCUT2D eigenvalue weighted by atomic mass is 32.1. The molecule has 3 rings (SSSR count). The molecule has 0 fully saturated rings. The molecule has 1 amide bonds. The average molecular weight is 391 g/mol. The Labute approximate surface area is 166 Å². The minimum Gasteiger partial charge on any atom is -0.481 e. The predicted octanol–water partition coefficient (Wildman–Crippen LogP) is 3.95. The van der Waals surface area contributed by atoms with Crippen LogP contribution in [0.3, 0.4) is 0 Å². The van der Waals surface area contributed by atoms with E-state index in [1.807, 2.05) is 30.3 Å². The summed E-state index contributed by atoms with van der Waals surface area (Å²) in [5.74, 6) is -2.08. The smallest absolute Gasteiger partial charge is 0.304 e. The highest BCUT2D eigenvalue weighted by Gasteiger charge is 2.23. The van der Waals surface area contributed by atoms with E-state index in [1.165, 1.54) is 11.3 Å². The Kier molecular flexibility index (Phi) is 6.14. The van der Waals surface area contributed by atoms with Crippen LogP contribution in [0, 0.1) is 17.2 Å². The maximum atomic E-state index is 12.6. The third kappa shape index (κ3) is 5.02. The van der Waals surface area contributed by atoms with Gasteiger partial charge >= 0.3 is 5.97 Å². The summed E-state index contributed by atoms with van der Waals surface area (Å²) in [5.41, 5.74) is 2.98. The van der Waals surface area contributed by atoms with Gasteiger partial charge in [-0.25, -0.2) is 4.98 Å². The molecular weight excluding hydrogens is 374 g/mol. The van der Waals surface area contributed by atoms with Crippen molar-refractivity contribution in [2.75, 3.05) is 5.32 Å². The molecule has 1 unspecified atom stereocenters. The summed E-state index contributed by atoms with van der Waals surface area (Å²) in [4.78, 5) is 28.2. The van der Waals surface area contributed by atoms with E-state index in [0.29, 0.717) is 22.8 Å². The summed E-state index contributed by atoms with van der Waals surface area (Å²) in [7, 11) is 0. The number of anilines is 1. The first-order valence-electron chi connectivity index (χ1n) is 8.58. The van der Waals surface area contributed by atoms with Crippen molar-refractivity contribution in [2.45, 2.75) is 12.8 Å². The van der Waals surface area contributed by atoms with Crippen molar-refractivity contribution in [1.29, 1.82) is 5.26 Å². The zero-order chi connectivity index (χ0) is 19.9. The number of carboxylic acid groups (broad SMARTS) is 1. The first-order chi connectivity index (χ1) is 13.5. The van der Waals surface area contributed by atoms with Gasteiger partial charge in [0.2, 0.25) is 5.91 Å². The average Bonchev–Trinajstić information content (AvgIpc) is 3.16. The topological polar surface area (TPSA) is 103 Å². The van der Waals surface area contributed by atoms with Crippen LogP contribution in [0.1, 0.15) is 17.5 Å². The highest BCUT2D eigenvalue weighted by Crippen LogP contribution is 2.26. The third-order valence-electron chi connectivity index (χ3n) is 4.16. The van der Waals surface area contributed by atoms with Gasteiger partial charge in [-0.2, -0.15) is 5.26 Å². The maximum absolute atomic E-state index is 12.6. The fourth-order valence-corrected chi connectivity index (χ4v) is 3.48. The Hall–Kier alpha value is -3.50. The van der Waals surface area contributed by atoms with Gasteiger partial charge in [0.25, 0.3) is 0 Å². The number of carbonyl (C=O) groups excluding carboxylic acids is 1. The van der Waals surface area contributed by atoms with E-state index in [-0.39, 0.29) is 12.3 Å². The van der Waals surface area contributed by atoms with Gasteiger partial charge in [0.1, 0.15) is 0 Å². The van der Waals surface area contributed by atoms with Gasteiger partial charge in [-0.3, -0.25) is 9.59 Å². The zero-order valence-electron chi connectivity index (χ0n) is 14.8. The van der Waals surface area contributed by atoms with Crippen LogP contribution in [0.25, 0.3) is 11.3 Å². The van der Waals surface area contributed by atoms with Crippen LogP contribution in [-0.2, 0) is 16.0 Å². The molecule has 140 valence electrons. The molecular formula is C21H17N3O3S. The molecule has 0 saturated heterocycles. The number of nitrogens with zero attached hydrogens (tertiary/aromatic N) is 2. The summed E-state index contributed by atoms with van der Waals surface area (Å²) in [6, 6.07) is 18.4. The summed E-state index contributed by atoms with van der Waals surface area (Å²) in [6.45, 7) is 0. The second-order valence-corrected chi connectivity index (χ2v) is 7.06. The van der Waals surface area contributed by atoms with E-state index < -0.39 is 11.9 Å². The van der Waals surface area contributed by atoms with Crippen LogP contribution >= 0.6 is 11.3 Å². The van der Waals surface area contributed by atoms with Crippen LogP contribution in [0.5, 0.6) is 0 Å². The monoisotopic (exact) mass is 391 g/mol. The maximum Gasteiger partial charge on any atom is 0.304 e. The molecule has 7 heteroatoms. The number of aliphatic carboxylic acids is 1. The molecule has 1 heterocycles. The van der Waals surface area contributed by atoms with Gasteiger partial charge in [0.15, 0.2) is 5.13 Å². The Bertz CT molecular complexity index is 1010. The summed E-state index contributed by atoms with van der Waals surface area (Å²) < 4.78 is 0. The first-order valence-corrected chi connectivity index (χ1v) is 9.46. The van der Waals surface area contributed by atoms with E-state index in [4.69, 9.17) is 10.4 Å². The fraction of sp³-hybridized carbons (Fsp3) is 0.143. The minimum atomic E-state index is -1.02. The normalized spacial score (nSPS) is 11.4. The van der Waals surface area contributed by atoms with E-state index in [9.17, 15) is 9.59 Å². The van der Waals surface area contributed by atoms with Crippen LogP contribution in [0.15, 0.2) is 60.0 Å². The molecule has 0 spiro atoms. The van der Waals surface area contributed by atoms with Crippen LogP contribution < -0.4 is 5.32 Å². The molecule has 28 heavy (non-hydrogen) atoms. The first kappa shape index (κ1) is 19.3. The van der Waals surface area contributed by atoms with E-state index in [1.54, 1.807) is 29.6 Å². The lowest BCUT2D eigenvalue weighted by Gasteiger charge is -2.14. The van der Waals surface area contributed by atoms with Crippen molar-refractivity contribution in [2.24, 2.45) is 5.92 Å². The van der Waals surface area contributed by atoms with Gasteiger partial charge in [-0.1, -0.05) is 42.5 Å². The number of hydrogen-bond acceptors (Lipinski definition) is 5. The zero-order valence-corrected chi connectivity index (χ0v) is 15.6. The highest BCUT2D eigenvalue weighted by molar-refractivity contribution is 7.14. The molecule has 0 aliphatic carbocycles. The summed E-state index contributed by atoms with van der Waals surface area (Å²) in [5, 5.41) is 23.0. The van der Waals surface area contributed by atoms with Crippen molar-refractivity contribution in [3.63, 3.8) is 0 Å². The Morgan fingerprint density at radius 1 is 1.14 bits per heavy atom. The Morgan fingerprint density at radius 3 is 2.50 bits per heavy atom. The van der Waals surface area contributed by atoms with Gasteiger partial charge < -0.3 is 10.4 Å². The number of hydrogen-bond donors (Lipinski definition) is 2. The lowest BCUT2D eigenvalue weighted by atomic mass is 9.95. The van der Waals surface area contributed by atoms with Crippen LogP contribution in [0.4, 0.5) is 5.13 Å². The standard InChI is InChI=1S/C21H17N3O3S/c22-12-15-6-8-16(9-7-15)18-13-28-21(23-18)24-20(27)17(11-19(25)26)10-14-4-2-1-3-5-14/h1-9,13,17H,10-11H2,(H,25,26)(H,23,24,27). The Balaban J connectivity index is 1.71. The van der Waals surface area contributed by atoms with E-state index in [0.717, 1.165) is 11.1 Å². The largest absolute Gasteiger partial charge is 0.481 e. The number of thiazole rings is 1. The Morgan fingerprint density at radius 2 is 1.86 bits per heavy atom.